The van der Waals surface area contributed by atoms with E-state index in [1.165, 1.54) is 25.4 Å². The predicted molar refractivity (Wildman–Crippen MR) is 143 cm³/mol. The highest BCUT2D eigenvalue weighted by Gasteiger charge is 2.46. The van der Waals surface area contributed by atoms with Gasteiger partial charge in [0.05, 0.1) is 38.6 Å². The number of ether oxygens (including phenoxy) is 3. The zero-order valence-corrected chi connectivity index (χ0v) is 21.5. The molecule has 5 rings (SSSR count). The summed E-state index contributed by atoms with van der Waals surface area (Å²) < 4.78 is 22.0. The van der Waals surface area contributed by atoms with Gasteiger partial charge in [-0.25, -0.2) is 0 Å². The Morgan fingerprint density at radius 1 is 0.897 bits per heavy atom. The average molecular weight is 526 g/mol. The molecule has 4 aromatic rings. The van der Waals surface area contributed by atoms with E-state index in [0.29, 0.717) is 40.7 Å². The lowest BCUT2D eigenvalue weighted by atomic mass is 9.95. The first-order chi connectivity index (χ1) is 19.0. The summed E-state index contributed by atoms with van der Waals surface area (Å²) in [6, 6.07) is 24.3. The third-order valence-electron chi connectivity index (χ3n) is 6.55. The van der Waals surface area contributed by atoms with Crippen molar-refractivity contribution in [2.24, 2.45) is 0 Å². The van der Waals surface area contributed by atoms with Gasteiger partial charge in [0, 0.05) is 5.56 Å². The predicted octanol–water partition coefficient (Wildman–Crippen LogP) is 5.50. The lowest BCUT2D eigenvalue weighted by Crippen LogP contribution is -2.29. The van der Waals surface area contributed by atoms with Crippen LogP contribution in [0.1, 0.15) is 28.5 Å². The van der Waals surface area contributed by atoms with Crippen LogP contribution < -0.4 is 14.2 Å². The van der Waals surface area contributed by atoms with Gasteiger partial charge in [-0.1, -0.05) is 42.5 Å². The molecule has 198 valence electrons. The summed E-state index contributed by atoms with van der Waals surface area (Å²) in [5.74, 6) is 0.149. The molecule has 1 amide bonds. The quantitative estimate of drug-likeness (QED) is 0.175. The van der Waals surface area contributed by atoms with Crippen LogP contribution in [0.25, 0.3) is 5.76 Å². The summed E-state index contributed by atoms with van der Waals surface area (Å²) in [6.07, 6.45) is 1.50. The molecule has 0 saturated carbocycles. The van der Waals surface area contributed by atoms with Gasteiger partial charge >= 0.3 is 0 Å². The molecule has 8 heteroatoms. The van der Waals surface area contributed by atoms with Crippen molar-refractivity contribution in [2.45, 2.75) is 19.2 Å². The number of aliphatic hydroxyl groups is 1. The Labute approximate surface area is 225 Å². The van der Waals surface area contributed by atoms with Crippen molar-refractivity contribution in [2.75, 3.05) is 14.2 Å². The van der Waals surface area contributed by atoms with Crippen molar-refractivity contribution < 1.29 is 33.3 Å². The summed E-state index contributed by atoms with van der Waals surface area (Å²) in [6.45, 7) is 0.452. The van der Waals surface area contributed by atoms with Crippen LogP contribution in [0.3, 0.4) is 0 Å². The van der Waals surface area contributed by atoms with Gasteiger partial charge in [0.15, 0.2) is 11.5 Å². The molecule has 3 aromatic carbocycles. The Kier molecular flexibility index (Phi) is 7.36. The Bertz CT molecular complexity index is 1490. The van der Waals surface area contributed by atoms with Crippen LogP contribution in [-0.2, 0) is 22.7 Å². The van der Waals surface area contributed by atoms with E-state index in [-0.39, 0.29) is 17.9 Å². The fourth-order valence-corrected chi connectivity index (χ4v) is 4.59. The van der Waals surface area contributed by atoms with Crippen molar-refractivity contribution in [3.05, 3.63) is 119 Å². The van der Waals surface area contributed by atoms with E-state index >= 15 is 0 Å². The molecule has 1 aliphatic heterocycles. The largest absolute Gasteiger partial charge is 0.507 e. The maximum Gasteiger partial charge on any atom is 0.296 e. The maximum atomic E-state index is 13.3. The van der Waals surface area contributed by atoms with Crippen molar-refractivity contribution in [3.63, 3.8) is 0 Å². The number of methoxy groups -OCH3 is 2. The topological polar surface area (TPSA) is 98.4 Å². The molecule has 1 N–H and O–H groups in total. The van der Waals surface area contributed by atoms with Gasteiger partial charge in [-0.05, 0) is 53.6 Å². The number of hydrogen-bond donors (Lipinski definition) is 1. The second-order valence-corrected chi connectivity index (χ2v) is 8.92. The van der Waals surface area contributed by atoms with Crippen LogP contribution in [0.5, 0.6) is 17.2 Å². The molecule has 1 aromatic heterocycles. The first-order valence-electron chi connectivity index (χ1n) is 12.3. The van der Waals surface area contributed by atoms with Crippen molar-refractivity contribution in [1.29, 1.82) is 0 Å². The van der Waals surface area contributed by atoms with Gasteiger partial charge in [-0.15, -0.1) is 0 Å². The minimum atomic E-state index is -0.855. The summed E-state index contributed by atoms with van der Waals surface area (Å²) >= 11 is 0. The van der Waals surface area contributed by atoms with Crippen LogP contribution in [0, 0.1) is 0 Å². The number of furan rings is 1. The average Bonchev–Trinajstić information content (AvgIpc) is 3.58. The SMILES string of the molecule is COc1ccc(/C(O)=C2\C(=O)C(=O)N(Cc3ccco3)C2c2ccc(OCc3ccccc3)cc2)cc1OC. The molecule has 8 nitrogen and oxygen atoms in total. The number of likely N-dealkylation sites (tertiary alicyclic amines) is 1. The molecule has 0 spiro atoms. The number of Topliss-reactive ketones (excluding diaryl/α,β-unsaturated/α-hetero) is 1. The zero-order chi connectivity index (χ0) is 27.4. The van der Waals surface area contributed by atoms with E-state index in [4.69, 9.17) is 18.6 Å². The normalized spacial score (nSPS) is 16.4. The third-order valence-corrected chi connectivity index (χ3v) is 6.55. The Hall–Kier alpha value is -4.98. The maximum absolute atomic E-state index is 13.3. The first kappa shape index (κ1) is 25.7. The number of aliphatic hydroxyl groups excluding tert-OH is 1. The van der Waals surface area contributed by atoms with E-state index in [2.05, 4.69) is 0 Å². The van der Waals surface area contributed by atoms with Gasteiger partial charge in [0.1, 0.15) is 23.9 Å². The smallest absolute Gasteiger partial charge is 0.296 e. The number of amides is 1. The number of ketones is 1. The summed E-state index contributed by atoms with van der Waals surface area (Å²) in [5, 5.41) is 11.4. The lowest BCUT2D eigenvalue weighted by Gasteiger charge is -2.24. The highest BCUT2D eigenvalue weighted by atomic mass is 16.5. The second kappa shape index (κ2) is 11.2. The molecule has 2 heterocycles. The summed E-state index contributed by atoms with van der Waals surface area (Å²) in [7, 11) is 2.98. The number of nitrogens with zero attached hydrogens (tertiary/aromatic N) is 1. The van der Waals surface area contributed by atoms with Crippen molar-refractivity contribution in [3.8, 4) is 17.2 Å². The van der Waals surface area contributed by atoms with Crippen LogP contribution in [0.4, 0.5) is 0 Å². The van der Waals surface area contributed by atoms with Crippen LogP contribution in [0.15, 0.2) is 101 Å². The molecule has 1 fully saturated rings. The molecule has 0 aliphatic carbocycles. The molecular formula is C31H27NO7. The standard InChI is InChI=1S/C31H27NO7/c1-36-25-15-12-22(17-26(25)37-2)29(33)27-28(32(31(35)30(27)34)18-24-9-6-16-38-24)21-10-13-23(14-11-21)39-19-20-7-4-3-5-8-20/h3-17,28,33H,18-19H2,1-2H3/b29-27+. The highest BCUT2D eigenvalue weighted by molar-refractivity contribution is 6.46. The van der Waals surface area contributed by atoms with Gasteiger partial charge in [0.25, 0.3) is 11.7 Å². The lowest BCUT2D eigenvalue weighted by molar-refractivity contribution is -0.140. The van der Waals surface area contributed by atoms with Gasteiger partial charge in [-0.2, -0.15) is 0 Å². The molecule has 0 bridgehead atoms. The minimum absolute atomic E-state index is 0.0308. The molecule has 0 radical (unpaired) electrons. The molecule has 1 aliphatic rings. The Balaban J connectivity index is 1.53. The van der Waals surface area contributed by atoms with E-state index in [9.17, 15) is 14.7 Å². The number of hydrogen-bond acceptors (Lipinski definition) is 7. The van der Waals surface area contributed by atoms with Crippen molar-refractivity contribution >= 4 is 17.4 Å². The Morgan fingerprint density at radius 3 is 2.31 bits per heavy atom. The second-order valence-electron chi connectivity index (χ2n) is 8.92. The molecular weight excluding hydrogens is 498 g/mol. The number of benzene rings is 3. The van der Waals surface area contributed by atoms with Crippen LogP contribution in [-0.4, -0.2) is 35.9 Å². The van der Waals surface area contributed by atoms with E-state index in [1.807, 2.05) is 30.3 Å². The van der Waals surface area contributed by atoms with Crippen LogP contribution >= 0.6 is 0 Å². The third kappa shape index (κ3) is 5.22. The fraction of sp³-hybridized carbons (Fsp3) is 0.161. The summed E-state index contributed by atoms with van der Waals surface area (Å²) in [5.41, 5.74) is 1.95. The van der Waals surface area contributed by atoms with Crippen molar-refractivity contribution in [1.82, 2.24) is 4.90 Å². The molecule has 1 saturated heterocycles. The van der Waals surface area contributed by atoms with E-state index < -0.39 is 17.7 Å². The van der Waals surface area contributed by atoms with E-state index in [1.54, 1.807) is 54.6 Å². The van der Waals surface area contributed by atoms with Gasteiger partial charge in [-0.3, -0.25) is 9.59 Å². The van der Waals surface area contributed by atoms with Gasteiger partial charge in [0.2, 0.25) is 0 Å². The molecule has 1 unspecified atom stereocenters. The van der Waals surface area contributed by atoms with E-state index in [0.717, 1.165) is 5.56 Å². The zero-order valence-electron chi connectivity index (χ0n) is 21.5. The van der Waals surface area contributed by atoms with Gasteiger partial charge < -0.3 is 28.6 Å². The highest BCUT2D eigenvalue weighted by Crippen LogP contribution is 2.41. The fourth-order valence-electron chi connectivity index (χ4n) is 4.59. The number of rotatable bonds is 9. The first-order valence-corrected chi connectivity index (χ1v) is 12.3. The van der Waals surface area contributed by atoms with Crippen LogP contribution in [0.2, 0.25) is 0 Å². The number of carbonyl (C=O) groups excluding carboxylic acids is 2. The molecule has 39 heavy (non-hydrogen) atoms. The summed E-state index contributed by atoms with van der Waals surface area (Å²) in [4.78, 5) is 28.0. The minimum Gasteiger partial charge on any atom is -0.507 e. The monoisotopic (exact) mass is 525 g/mol. The number of carbonyl (C=O) groups is 2. The molecule has 1 atom stereocenters. The Morgan fingerprint density at radius 2 is 1.64 bits per heavy atom.